The Hall–Kier alpha value is -1.34. The topological polar surface area (TPSA) is 79.6 Å². The van der Waals surface area contributed by atoms with Crippen molar-refractivity contribution in [2.75, 3.05) is 25.9 Å². The summed E-state index contributed by atoms with van der Waals surface area (Å²) in [6, 6.07) is 3.18. The highest BCUT2D eigenvalue weighted by Gasteiger charge is 2.16. The number of amides is 1. The zero-order valence-corrected chi connectivity index (χ0v) is 12.1. The molecule has 0 saturated carbocycles. The minimum atomic E-state index is -3.23. The van der Waals surface area contributed by atoms with Gasteiger partial charge in [-0.25, -0.2) is 12.7 Å². The Balaban J connectivity index is 2.42. The second-order valence-electron chi connectivity index (χ2n) is 4.25. The summed E-state index contributed by atoms with van der Waals surface area (Å²) in [5.41, 5.74) is 0. The molecule has 6 nitrogen and oxygen atoms in total. The first-order chi connectivity index (χ1) is 8.95. The van der Waals surface area contributed by atoms with Gasteiger partial charge in [-0.15, -0.1) is 0 Å². The van der Waals surface area contributed by atoms with Crippen molar-refractivity contribution in [2.24, 2.45) is 0 Å². The van der Waals surface area contributed by atoms with Gasteiger partial charge in [0.25, 0.3) is 5.91 Å². The van der Waals surface area contributed by atoms with Gasteiger partial charge in [0.05, 0.1) is 12.5 Å². The Labute approximate surface area is 113 Å². The van der Waals surface area contributed by atoms with Crippen LogP contribution in [-0.2, 0) is 10.0 Å². The quantitative estimate of drug-likeness (QED) is 0.776. The summed E-state index contributed by atoms with van der Waals surface area (Å²) in [5.74, 6) is -0.117. The first kappa shape index (κ1) is 15.7. The molecule has 0 saturated heterocycles. The van der Waals surface area contributed by atoms with E-state index >= 15 is 0 Å². The van der Waals surface area contributed by atoms with Gasteiger partial charge in [0, 0.05) is 19.6 Å². The van der Waals surface area contributed by atoms with Crippen molar-refractivity contribution in [3.63, 3.8) is 0 Å². The molecule has 0 aliphatic rings. The van der Waals surface area contributed by atoms with E-state index < -0.39 is 10.0 Å². The summed E-state index contributed by atoms with van der Waals surface area (Å²) < 4.78 is 29.4. The molecule has 7 heteroatoms. The molecule has 0 spiro atoms. The van der Waals surface area contributed by atoms with Crippen LogP contribution in [0.2, 0.25) is 0 Å². The number of sulfonamides is 1. The number of nitrogens with zero attached hydrogens (tertiary/aromatic N) is 1. The maximum absolute atomic E-state index is 11.6. The first-order valence-electron chi connectivity index (χ1n) is 6.22. The summed E-state index contributed by atoms with van der Waals surface area (Å²) in [7, 11) is -3.23. The van der Waals surface area contributed by atoms with E-state index in [1.54, 1.807) is 12.1 Å². The number of nitrogens with one attached hydrogen (secondary N) is 1. The Morgan fingerprint density at radius 3 is 2.68 bits per heavy atom. The molecule has 1 aromatic heterocycles. The third kappa shape index (κ3) is 5.44. The van der Waals surface area contributed by atoms with Crippen LogP contribution >= 0.6 is 0 Å². The van der Waals surface area contributed by atoms with E-state index in [1.165, 1.54) is 16.8 Å². The van der Waals surface area contributed by atoms with Crippen LogP contribution in [0.5, 0.6) is 0 Å². The van der Waals surface area contributed by atoms with Crippen molar-refractivity contribution in [1.29, 1.82) is 0 Å². The van der Waals surface area contributed by atoms with Crippen molar-refractivity contribution in [3.05, 3.63) is 24.2 Å². The van der Waals surface area contributed by atoms with Crippen LogP contribution in [0.1, 0.15) is 30.3 Å². The molecule has 1 heterocycles. The Morgan fingerprint density at radius 1 is 1.42 bits per heavy atom. The smallest absolute Gasteiger partial charge is 0.287 e. The second-order valence-corrected chi connectivity index (χ2v) is 6.23. The third-order valence-corrected chi connectivity index (χ3v) is 3.92. The molecule has 0 atom stereocenters. The number of hydrogen-bond acceptors (Lipinski definition) is 4. The van der Waals surface area contributed by atoms with Gasteiger partial charge in [-0.1, -0.05) is 13.3 Å². The Bertz CT molecular complexity index is 482. The van der Waals surface area contributed by atoms with Crippen LogP contribution in [0.3, 0.4) is 0 Å². The minimum absolute atomic E-state index is 0.222. The molecule has 0 aromatic carbocycles. The third-order valence-electron chi connectivity index (χ3n) is 2.62. The largest absolute Gasteiger partial charge is 0.459 e. The lowest BCUT2D eigenvalue weighted by Crippen LogP contribution is -2.38. The van der Waals surface area contributed by atoms with Crippen LogP contribution in [0.25, 0.3) is 0 Å². The fourth-order valence-electron chi connectivity index (χ4n) is 1.57. The molecule has 19 heavy (non-hydrogen) atoms. The summed E-state index contributed by atoms with van der Waals surface area (Å²) in [4.78, 5) is 11.6. The monoisotopic (exact) mass is 288 g/mol. The fourth-order valence-corrected chi connectivity index (χ4v) is 2.45. The van der Waals surface area contributed by atoms with Gasteiger partial charge in [0.1, 0.15) is 0 Å². The highest BCUT2D eigenvalue weighted by atomic mass is 32.2. The van der Waals surface area contributed by atoms with Crippen LogP contribution < -0.4 is 5.32 Å². The van der Waals surface area contributed by atoms with Gasteiger partial charge in [-0.2, -0.15) is 0 Å². The standard InChI is InChI=1S/C12H20N2O4S/c1-3-4-8-14(19(2,16)17)9-7-13-12(15)11-6-5-10-18-11/h5-6,10H,3-4,7-9H2,1-2H3,(H,13,15). The molecule has 0 aliphatic carbocycles. The lowest BCUT2D eigenvalue weighted by molar-refractivity contribution is 0.0924. The van der Waals surface area contributed by atoms with Gasteiger partial charge in [0.2, 0.25) is 10.0 Å². The highest BCUT2D eigenvalue weighted by molar-refractivity contribution is 7.88. The van der Waals surface area contributed by atoms with E-state index in [9.17, 15) is 13.2 Å². The van der Waals surface area contributed by atoms with E-state index in [0.717, 1.165) is 12.8 Å². The summed E-state index contributed by atoms with van der Waals surface area (Å²) in [6.45, 7) is 3.01. The maximum atomic E-state index is 11.6. The lowest BCUT2D eigenvalue weighted by Gasteiger charge is -2.19. The maximum Gasteiger partial charge on any atom is 0.287 e. The van der Waals surface area contributed by atoms with E-state index in [0.29, 0.717) is 6.54 Å². The average Bonchev–Trinajstić information content (AvgIpc) is 2.85. The van der Waals surface area contributed by atoms with Gasteiger partial charge >= 0.3 is 0 Å². The van der Waals surface area contributed by atoms with Crippen molar-refractivity contribution in [2.45, 2.75) is 19.8 Å². The van der Waals surface area contributed by atoms with Gasteiger partial charge in [0.15, 0.2) is 5.76 Å². The molecule has 1 N–H and O–H groups in total. The summed E-state index contributed by atoms with van der Waals surface area (Å²) in [5, 5.41) is 2.63. The molecule has 0 aliphatic heterocycles. The predicted molar refractivity (Wildman–Crippen MR) is 72.4 cm³/mol. The zero-order valence-electron chi connectivity index (χ0n) is 11.3. The van der Waals surface area contributed by atoms with Gasteiger partial charge in [-0.3, -0.25) is 4.79 Å². The molecule has 0 bridgehead atoms. The number of carbonyl (C=O) groups is 1. The number of unbranched alkanes of at least 4 members (excludes halogenated alkanes) is 1. The molecular weight excluding hydrogens is 268 g/mol. The molecule has 1 amide bonds. The SMILES string of the molecule is CCCCN(CCNC(=O)c1ccco1)S(C)(=O)=O. The Morgan fingerprint density at radius 2 is 2.16 bits per heavy atom. The normalized spacial score (nSPS) is 11.7. The Kier molecular flexibility index (Phi) is 6.04. The first-order valence-corrected chi connectivity index (χ1v) is 8.06. The minimum Gasteiger partial charge on any atom is -0.459 e. The number of carbonyl (C=O) groups excluding carboxylic acids is 1. The van der Waals surface area contributed by atoms with Crippen LogP contribution in [-0.4, -0.2) is 44.5 Å². The lowest BCUT2D eigenvalue weighted by atomic mass is 10.3. The molecule has 0 unspecified atom stereocenters. The molecule has 0 radical (unpaired) electrons. The van der Waals surface area contributed by atoms with Crippen molar-refractivity contribution >= 4 is 15.9 Å². The molecule has 1 aromatic rings. The van der Waals surface area contributed by atoms with Crippen molar-refractivity contribution < 1.29 is 17.6 Å². The number of rotatable bonds is 8. The predicted octanol–water partition coefficient (Wildman–Crippen LogP) is 1.07. The van der Waals surface area contributed by atoms with Crippen molar-refractivity contribution in [1.82, 2.24) is 9.62 Å². The summed E-state index contributed by atoms with van der Waals surface area (Å²) >= 11 is 0. The summed E-state index contributed by atoms with van der Waals surface area (Å²) in [6.07, 6.45) is 4.32. The number of furan rings is 1. The van der Waals surface area contributed by atoms with Crippen LogP contribution in [0.4, 0.5) is 0 Å². The van der Waals surface area contributed by atoms with Crippen molar-refractivity contribution in [3.8, 4) is 0 Å². The zero-order chi connectivity index (χ0) is 14.3. The van der Waals surface area contributed by atoms with Crippen LogP contribution in [0.15, 0.2) is 22.8 Å². The number of hydrogen-bond donors (Lipinski definition) is 1. The molecular formula is C12H20N2O4S. The van der Waals surface area contributed by atoms with E-state index in [4.69, 9.17) is 4.42 Å². The van der Waals surface area contributed by atoms with Gasteiger partial charge in [-0.05, 0) is 18.6 Å². The van der Waals surface area contributed by atoms with E-state index in [-0.39, 0.29) is 24.8 Å². The molecule has 1 rings (SSSR count). The fraction of sp³-hybridized carbons (Fsp3) is 0.583. The molecule has 0 fully saturated rings. The average molecular weight is 288 g/mol. The van der Waals surface area contributed by atoms with Gasteiger partial charge < -0.3 is 9.73 Å². The second kappa shape index (κ2) is 7.30. The van der Waals surface area contributed by atoms with E-state index in [2.05, 4.69) is 5.32 Å². The highest BCUT2D eigenvalue weighted by Crippen LogP contribution is 2.02. The van der Waals surface area contributed by atoms with E-state index in [1.807, 2.05) is 6.92 Å². The molecule has 108 valence electrons. The van der Waals surface area contributed by atoms with Crippen LogP contribution in [0, 0.1) is 0 Å².